The first-order chi connectivity index (χ1) is 16.3. The Morgan fingerprint density at radius 2 is 2.12 bits per heavy atom. The van der Waals surface area contributed by atoms with Gasteiger partial charge in [-0.3, -0.25) is 4.79 Å². The number of aromatic nitrogens is 5. The highest BCUT2D eigenvalue weighted by molar-refractivity contribution is 6.02. The lowest BCUT2D eigenvalue weighted by Crippen LogP contribution is -2.42. The van der Waals surface area contributed by atoms with Crippen LogP contribution in [0.3, 0.4) is 0 Å². The van der Waals surface area contributed by atoms with Crippen LogP contribution in [0.4, 0.5) is 14.7 Å². The molecular formula is C24H25F2N7O. The molecule has 2 saturated carbocycles. The molecule has 0 radical (unpaired) electrons. The molecule has 3 N–H and O–H groups in total. The molecule has 0 atom stereocenters. The molecule has 4 aromatic heterocycles. The highest BCUT2D eigenvalue weighted by atomic mass is 19.3. The number of rotatable bonds is 7. The monoisotopic (exact) mass is 465 g/mol. The van der Waals surface area contributed by atoms with Gasteiger partial charge in [0, 0.05) is 55.5 Å². The molecule has 0 unspecified atom stereocenters. The Labute approximate surface area is 194 Å². The van der Waals surface area contributed by atoms with Gasteiger partial charge in [0.2, 0.25) is 11.9 Å². The summed E-state index contributed by atoms with van der Waals surface area (Å²) in [6.07, 6.45) is 9.07. The number of fused-ring (bicyclic) bond motifs is 2. The summed E-state index contributed by atoms with van der Waals surface area (Å²) in [6, 6.07) is 3.81. The number of amides is 1. The van der Waals surface area contributed by atoms with Crippen LogP contribution in [0.25, 0.3) is 27.7 Å². The maximum Gasteiger partial charge on any atom is 0.255 e. The normalized spacial score (nSPS) is 18.7. The van der Waals surface area contributed by atoms with Crippen LogP contribution in [0.2, 0.25) is 0 Å². The maximum absolute atomic E-state index is 13.1. The van der Waals surface area contributed by atoms with Gasteiger partial charge in [-0.05, 0) is 41.9 Å². The zero-order chi connectivity index (χ0) is 23.5. The van der Waals surface area contributed by atoms with Crippen LogP contribution in [0.15, 0.2) is 36.9 Å². The molecule has 2 aliphatic rings. The number of nitrogens with zero attached hydrogens (tertiary/aromatic N) is 4. The Morgan fingerprint density at radius 3 is 2.88 bits per heavy atom. The van der Waals surface area contributed by atoms with Crippen molar-refractivity contribution in [1.82, 2.24) is 29.9 Å². The van der Waals surface area contributed by atoms with Crippen molar-refractivity contribution in [1.29, 1.82) is 0 Å². The van der Waals surface area contributed by atoms with Gasteiger partial charge in [0.15, 0.2) is 0 Å². The number of aromatic amines is 1. The highest BCUT2D eigenvalue weighted by Crippen LogP contribution is 2.44. The Bertz CT molecular complexity index is 1400. The summed E-state index contributed by atoms with van der Waals surface area (Å²) in [5.41, 5.74) is 3.94. The second-order valence-corrected chi connectivity index (χ2v) is 9.97. The fourth-order valence-corrected chi connectivity index (χ4v) is 4.50. The topological polar surface area (TPSA) is 100 Å². The molecule has 0 saturated heterocycles. The number of hydrogen-bond acceptors (Lipinski definition) is 5. The smallest absolute Gasteiger partial charge is 0.255 e. The average Bonchev–Trinajstić information content (AvgIpc) is 3.20. The van der Waals surface area contributed by atoms with E-state index in [0.717, 1.165) is 28.7 Å². The number of alkyl halides is 2. The van der Waals surface area contributed by atoms with Crippen molar-refractivity contribution < 1.29 is 13.6 Å². The maximum atomic E-state index is 13.1. The van der Waals surface area contributed by atoms with E-state index < -0.39 is 5.92 Å². The van der Waals surface area contributed by atoms with Crippen LogP contribution >= 0.6 is 0 Å². The van der Waals surface area contributed by atoms with Crippen molar-refractivity contribution in [2.75, 3.05) is 18.4 Å². The van der Waals surface area contributed by atoms with Gasteiger partial charge in [-0.15, -0.1) is 0 Å². The van der Waals surface area contributed by atoms with Crippen LogP contribution in [0.1, 0.15) is 43.0 Å². The number of carbonyl (C=O) groups excluding carboxylic acids is 1. The van der Waals surface area contributed by atoms with E-state index in [0.29, 0.717) is 22.4 Å². The molecule has 0 aliphatic heterocycles. The summed E-state index contributed by atoms with van der Waals surface area (Å²) < 4.78 is 27.7. The number of nitrogens with one attached hydrogen (secondary N) is 3. The minimum absolute atomic E-state index is 0.175. The van der Waals surface area contributed by atoms with Gasteiger partial charge in [0.25, 0.3) is 5.91 Å². The predicted molar refractivity (Wildman–Crippen MR) is 124 cm³/mol. The van der Waals surface area contributed by atoms with Crippen LogP contribution in [0, 0.1) is 11.3 Å². The van der Waals surface area contributed by atoms with Crippen molar-refractivity contribution in [3.05, 3.63) is 42.5 Å². The molecule has 6 rings (SSSR count). The van der Waals surface area contributed by atoms with Crippen LogP contribution in [-0.2, 0) is 0 Å². The van der Waals surface area contributed by atoms with Crippen molar-refractivity contribution in [2.24, 2.45) is 11.3 Å². The summed E-state index contributed by atoms with van der Waals surface area (Å²) in [5, 5.41) is 11.2. The molecule has 4 heterocycles. The summed E-state index contributed by atoms with van der Waals surface area (Å²) >= 11 is 0. The second kappa shape index (κ2) is 7.48. The second-order valence-electron chi connectivity index (χ2n) is 9.97. The van der Waals surface area contributed by atoms with Crippen molar-refractivity contribution >= 4 is 28.4 Å². The molecule has 8 nitrogen and oxygen atoms in total. The Balaban J connectivity index is 1.23. The Hall–Kier alpha value is -3.56. The van der Waals surface area contributed by atoms with Gasteiger partial charge in [0.1, 0.15) is 5.65 Å². The molecule has 0 bridgehead atoms. The van der Waals surface area contributed by atoms with Gasteiger partial charge >= 0.3 is 0 Å². The highest BCUT2D eigenvalue weighted by Gasteiger charge is 2.45. The number of H-pyrrole nitrogens is 1. The molecule has 2 aliphatic carbocycles. The summed E-state index contributed by atoms with van der Waals surface area (Å²) in [5.74, 6) is -2.49. The molecule has 1 amide bonds. The predicted octanol–water partition coefficient (Wildman–Crippen LogP) is 4.26. The molecule has 0 spiro atoms. The minimum Gasteiger partial charge on any atom is -0.354 e. The lowest BCUT2D eigenvalue weighted by molar-refractivity contribution is -0.108. The fourth-order valence-electron chi connectivity index (χ4n) is 4.50. The lowest BCUT2D eigenvalue weighted by atomic mass is 9.81. The van der Waals surface area contributed by atoms with Gasteiger partial charge in [-0.25, -0.2) is 18.3 Å². The number of hydrogen-bond donors (Lipinski definition) is 3. The standard InChI is InChI=1S/C24H25F2N7O/c1-23(3-4-23)13-30-22-29-11-17-16(10-27-20(17)32-22)15-2-5-33-19(6-15)18(12-31-33)21(34)28-9-14-7-24(25,26)8-14/h2,5-6,10-12,14H,3-4,7-9,13H2,1H3,(H,28,34)(H2,27,29,30,32). The number of carbonyl (C=O) groups is 1. The SMILES string of the molecule is CC1(CNc2ncc3c(-c4ccn5ncc(C(=O)NCC6CC(F)(F)C6)c5c4)c[nH]c3n2)CC1. The van der Waals surface area contributed by atoms with Crippen LogP contribution < -0.4 is 10.6 Å². The van der Waals surface area contributed by atoms with Crippen LogP contribution in [-0.4, -0.2) is 49.5 Å². The summed E-state index contributed by atoms with van der Waals surface area (Å²) in [6.45, 7) is 3.34. The van der Waals surface area contributed by atoms with E-state index in [9.17, 15) is 13.6 Å². The van der Waals surface area contributed by atoms with E-state index in [2.05, 4.69) is 37.6 Å². The minimum atomic E-state index is -2.59. The Kier molecular flexibility index (Phi) is 4.62. The van der Waals surface area contributed by atoms with Crippen molar-refractivity contribution in [3.63, 3.8) is 0 Å². The van der Waals surface area contributed by atoms with Gasteiger partial charge < -0.3 is 15.6 Å². The van der Waals surface area contributed by atoms with Gasteiger partial charge in [-0.1, -0.05) is 6.92 Å². The molecule has 10 heteroatoms. The zero-order valence-electron chi connectivity index (χ0n) is 18.7. The summed E-state index contributed by atoms with van der Waals surface area (Å²) in [7, 11) is 0. The van der Waals surface area contributed by atoms with E-state index in [1.165, 1.54) is 19.0 Å². The first-order valence-electron chi connectivity index (χ1n) is 11.5. The van der Waals surface area contributed by atoms with E-state index >= 15 is 0 Å². The van der Waals surface area contributed by atoms with Gasteiger partial charge in [-0.2, -0.15) is 10.1 Å². The van der Waals surface area contributed by atoms with E-state index in [1.807, 2.05) is 18.3 Å². The molecule has 4 aromatic rings. The molecular weight excluding hydrogens is 440 g/mol. The van der Waals surface area contributed by atoms with Crippen LogP contribution in [0.5, 0.6) is 0 Å². The molecule has 34 heavy (non-hydrogen) atoms. The number of pyridine rings is 1. The number of halogens is 2. The largest absolute Gasteiger partial charge is 0.354 e. The number of anilines is 1. The lowest BCUT2D eigenvalue weighted by Gasteiger charge is -2.34. The Morgan fingerprint density at radius 1 is 1.29 bits per heavy atom. The average molecular weight is 466 g/mol. The van der Waals surface area contributed by atoms with E-state index in [4.69, 9.17) is 0 Å². The first-order valence-corrected chi connectivity index (χ1v) is 11.5. The van der Waals surface area contributed by atoms with E-state index in [-0.39, 0.29) is 31.2 Å². The molecule has 2 fully saturated rings. The third kappa shape index (κ3) is 3.86. The first kappa shape index (κ1) is 21.0. The zero-order valence-corrected chi connectivity index (χ0v) is 18.7. The third-order valence-electron chi connectivity index (χ3n) is 7.01. The molecule has 0 aromatic carbocycles. The fraction of sp³-hybridized carbons (Fsp3) is 0.417. The van der Waals surface area contributed by atoms with Crippen molar-refractivity contribution in [2.45, 2.75) is 38.5 Å². The van der Waals surface area contributed by atoms with Gasteiger partial charge in [0.05, 0.1) is 17.3 Å². The quantitative estimate of drug-likeness (QED) is 0.379. The summed E-state index contributed by atoms with van der Waals surface area (Å²) in [4.78, 5) is 25.0. The van der Waals surface area contributed by atoms with Crippen molar-refractivity contribution in [3.8, 4) is 11.1 Å². The third-order valence-corrected chi connectivity index (χ3v) is 7.01. The molecule has 176 valence electrons. The van der Waals surface area contributed by atoms with E-state index in [1.54, 1.807) is 16.9 Å².